The number of hydrogen-bond acceptors (Lipinski definition) is 7. The van der Waals surface area contributed by atoms with Crippen LogP contribution in [0.15, 0.2) is 10.2 Å². The molecule has 0 saturated carbocycles. The van der Waals surface area contributed by atoms with Gasteiger partial charge in [-0.3, -0.25) is 9.69 Å². The molecule has 6 nitrogen and oxygen atoms in total. The Labute approximate surface area is 166 Å². The van der Waals surface area contributed by atoms with Crippen LogP contribution in [0.1, 0.15) is 22.0 Å². The molecule has 11 heteroatoms. The van der Waals surface area contributed by atoms with Gasteiger partial charge in [0.1, 0.15) is 10.7 Å². The lowest BCUT2D eigenvalue weighted by Crippen LogP contribution is -2.46. The highest BCUT2D eigenvalue weighted by atomic mass is 32.1. The van der Waals surface area contributed by atoms with Crippen LogP contribution >= 0.6 is 22.7 Å². The lowest BCUT2D eigenvalue weighted by molar-refractivity contribution is -0.140. The molecule has 0 bridgehead atoms. The average molecular weight is 429 g/mol. The molecule has 1 N–H and O–H groups in total. The maximum absolute atomic E-state index is 12.7. The highest BCUT2D eigenvalue weighted by molar-refractivity contribution is 7.18. The number of halogens is 3. The van der Waals surface area contributed by atoms with Gasteiger partial charge in [0.25, 0.3) is 5.56 Å². The second kappa shape index (κ2) is 7.12. The molecule has 150 valence electrons. The number of anilines is 1. The monoisotopic (exact) mass is 429 g/mol. The molecule has 0 atom stereocenters. The molecular formula is C17H18F3N5OS2. The summed E-state index contributed by atoms with van der Waals surface area (Å²) in [5.41, 5.74) is 0.00471. The van der Waals surface area contributed by atoms with Gasteiger partial charge in [0, 0.05) is 36.4 Å². The molecule has 0 spiro atoms. The molecule has 0 radical (unpaired) electrons. The van der Waals surface area contributed by atoms with Crippen molar-refractivity contribution in [2.24, 2.45) is 0 Å². The van der Waals surface area contributed by atoms with Crippen molar-refractivity contribution in [3.8, 4) is 0 Å². The zero-order chi connectivity index (χ0) is 20.1. The van der Waals surface area contributed by atoms with Crippen molar-refractivity contribution < 1.29 is 13.2 Å². The average Bonchev–Trinajstić information content (AvgIpc) is 3.21. The minimum Gasteiger partial charge on any atom is -0.346 e. The maximum atomic E-state index is 12.7. The Bertz CT molecular complexity index is 1060. The van der Waals surface area contributed by atoms with Crippen molar-refractivity contribution in [3.63, 3.8) is 0 Å². The molecular weight excluding hydrogens is 411 g/mol. The van der Waals surface area contributed by atoms with E-state index in [4.69, 9.17) is 0 Å². The number of rotatable bonds is 3. The van der Waals surface area contributed by atoms with E-state index >= 15 is 0 Å². The number of piperazine rings is 1. The van der Waals surface area contributed by atoms with Gasteiger partial charge in [0.2, 0.25) is 0 Å². The summed E-state index contributed by atoms with van der Waals surface area (Å²) in [6, 6.07) is 0. The molecule has 1 aliphatic heterocycles. The van der Waals surface area contributed by atoms with E-state index in [2.05, 4.69) is 19.9 Å². The first-order chi connectivity index (χ1) is 13.2. The first kappa shape index (κ1) is 19.3. The molecule has 0 aliphatic carbocycles. The molecule has 1 saturated heterocycles. The number of nitrogens with one attached hydrogen (secondary N) is 1. The molecule has 4 heterocycles. The number of thiophene rings is 1. The van der Waals surface area contributed by atoms with E-state index in [1.165, 1.54) is 11.3 Å². The Morgan fingerprint density at radius 3 is 2.54 bits per heavy atom. The Kier molecular flexibility index (Phi) is 4.92. The van der Waals surface area contributed by atoms with E-state index in [0.29, 0.717) is 49.1 Å². The number of H-pyrrole nitrogens is 1. The van der Waals surface area contributed by atoms with Gasteiger partial charge in [-0.1, -0.05) is 0 Å². The van der Waals surface area contributed by atoms with E-state index in [9.17, 15) is 18.0 Å². The standard InChI is InChI=1S/C17H18F3N5OS2/c1-9-10(2)28-15-13(9)14(26)22-12(23-15)7-24-3-5-25(6-4-24)16-21-11(8-27-16)17(18,19)20/h8H,3-7H2,1-2H3,(H,22,23,26). The quantitative estimate of drug-likeness (QED) is 0.691. The number of alkyl halides is 3. The van der Waals surface area contributed by atoms with Crippen molar-refractivity contribution in [1.29, 1.82) is 0 Å². The molecule has 28 heavy (non-hydrogen) atoms. The fourth-order valence-corrected chi connectivity index (χ4v) is 5.16. The normalized spacial score (nSPS) is 16.2. The fraction of sp³-hybridized carbons (Fsp3) is 0.471. The van der Waals surface area contributed by atoms with Crippen LogP contribution in [0.25, 0.3) is 10.2 Å². The van der Waals surface area contributed by atoms with Crippen LogP contribution in [0.3, 0.4) is 0 Å². The van der Waals surface area contributed by atoms with Crippen molar-refractivity contribution >= 4 is 38.0 Å². The first-order valence-corrected chi connectivity index (χ1v) is 10.4. The van der Waals surface area contributed by atoms with Gasteiger partial charge in [-0.2, -0.15) is 13.2 Å². The Balaban J connectivity index is 1.43. The van der Waals surface area contributed by atoms with Gasteiger partial charge in [-0.05, 0) is 19.4 Å². The highest BCUT2D eigenvalue weighted by Gasteiger charge is 2.34. The lowest BCUT2D eigenvalue weighted by Gasteiger charge is -2.34. The van der Waals surface area contributed by atoms with E-state index in [1.807, 2.05) is 18.7 Å². The molecule has 3 aromatic rings. The number of aromatic amines is 1. The van der Waals surface area contributed by atoms with E-state index in [1.54, 1.807) is 0 Å². The Morgan fingerprint density at radius 1 is 1.18 bits per heavy atom. The van der Waals surface area contributed by atoms with Gasteiger partial charge >= 0.3 is 6.18 Å². The van der Waals surface area contributed by atoms with Crippen LogP contribution in [0.5, 0.6) is 0 Å². The fourth-order valence-electron chi connectivity index (χ4n) is 3.22. The molecule has 0 unspecified atom stereocenters. The van der Waals surface area contributed by atoms with E-state index in [-0.39, 0.29) is 5.56 Å². The maximum Gasteiger partial charge on any atom is 0.434 e. The summed E-state index contributed by atoms with van der Waals surface area (Å²) in [5.74, 6) is 0.612. The summed E-state index contributed by atoms with van der Waals surface area (Å²) in [7, 11) is 0. The number of hydrogen-bond donors (Lipinski definition) is 1. The minimum atomic E-state index is -4.41. The van der Waals surface area contributed by atoms with Crippen LogP contribution in [-0.4, -0.2) is 46.0 Å². The summed E-state index contributed by atoms with van der Waals surface area (Å²) in [4.78, 5) is 29.4. The Hall–Kier alpha value is -1.98. The van der Waals surface area contributed by atoms with Crippen molar-refractivity contribution in [2.45, 2.75) is 26.6 Å². The van der Waals surface area contributed by atoms with E-state index < -0.39 is 11.9 Å². The van der Waals surface area contributed by atoms with Crippen molar-refractivity contribution in [2.75, 3.05) is 31.1 Å². The Morgan fingerprint density at radius 2 is 1.89 bits per heavy atom. The topological polar surface area (TPSA) is 65.1 Å². The second-order valence-electron chi connectivity index (χ2n) is 6.75. The first-order valence-electron chi connectivity index (χ1n) is 8.71. The smallest absolute Gasteiger partial charge is 0.346 e. The van der Waals surface area contributed by atoms with Gasteiger partial charge in [-0.15, -0.1) is 22.7 Å². The third kappa shape index (κ3) is 3.65. The molecule has 0 aromatic carbocycles. The number of nitrogens with zero attached hydrogens (tertiary/aromatic N) is 4. The molecule has 3 aromatic heterocycles. The molecule has 1 fully saturated rings. The zero-order valence-corrected chi connectivity index (χ0v) is 16.9. The predicted molar refractivity (Wildman–Crippen MR) is 104 cm³/mol. The van der Waals surface area contributed by atoms with Crippen LogP contribution in [-0.2, 0) is 12.7 Å². The molecule has 0 amide bonds. The van der Waals surface area contributed by atoms with Crippen LogP contribution < -0.4 is 10.5 Å². The van der Waals surface area contributed by atoms with Gasteiger partial charge in [0.05, 0.1) is 11.9 Å². The van der Waals surface area contributed by atoms with Crippen molar-refractivity contribution in [3.05, 3.63) is 37.7 Å². The van der Waals surface area contributed by atoms with Crippen LogP contribution in [0.4, 0.5) is 18.3 Å². The number of fused-ring (bicyclic) bond motifs is 1. The second-order valence-corrected chi connectivity index (χ2v) is 8.79. The van der Waals surface area contributed by atoms with Crippen LogP contribution in [0.2, 0.25) is 0 Å². The number of aromatic nitrogens is 3. The predicted octanol–water partition coefficient (Wildman–Crippen LogP) is 3.40. The van der Waals surface area contributed by atoms with Gasteiger partial charge < -0.3 is 9.88 Å². The van der Waals surface area contributed by atoms with Crippen LogP contribution in [0, 0.1) is 13.8 Å². The third-order valence-electron chi connectivity index (χ3n) is 4.89. The summed E-state index contributed by atoms with van der Waals surface area (Å²) >= 11 is 2.53. The number of thiazole rings is 1. The van der Waals surface area contributed by atoms with E-state index in [0.717, 1.165) is 32.0 Å². The zero-order valence-electron chi connectivity index (χ0n) is 15.3. The molecule has 4 rings (SSSR count). The lowest BCUT2D eigenvalue weighted by atomic mass is 10.2. The summed E-state index contributed by atoms with van der Waals surface area (Å²) in [6.07, 6.45) is -4.41. The third-order valence-corrected chi connectivity index (χ3v) is 6.89. The largest absolute Gasteiger partial charge is 0.434 e. The summed E-state index contributed by atoms with van der Waals surface area (Å²) in [5, 5.41) is 2.10. The number of aryl methyl sites for hydroxylation is 2. The van der Waals surface area contributed by atoms with Gasteiger partial charge in [-0.25, -0.2) is 9.97 Å². The summed E-state index contributed by atoms with van der Waals surface area (Å²) in [6.45, 7) is 6.87. The van der Waals surface area contributed by atoms with Crippen molar-refractivity contribution in [1.82, 2.24) is 19.9 Å². The minimum absolute atomic E-state index is 0.122. The van der Waals surface area contributed by atoms with Gasteiger partial charge in [0.15, 0.2) is 10.8 Å². The summed E-state index contributed by atoms with van der Waals surface area (Å²) < 4.78 is 38.2. The highest BCUT2D eigenvalue weighted by Crippen LogP contribution is 2.33. The molecule has 1 aliphatic rings. The SMILES string of the molecule is Cc1sc2nc(CN3CCN(c4nc(C(F)(F)F)cs4)CC3)[nH]c(=O)c2c1C.